The molecular weight excluding hydrogens is 236 g/mol. The Hall–Kier alpha value is -2.35. The van der Waals surface area contributed by atoms with Crippen molar-refractivity contribution in [3.63, 3.8) is 0 Å². The van der Waals surface area contributed by atoms with Gasteiger partial charge in [-0.3, -0.25) is 9.69 Å². The molecule has 2 atom stereocenters. The smallest absolute Gasteiger partial charge is 0.247 e. The fourth-order valence-electron chi connectivity index (χ4n) is 1.97. The highest BCUT2D eigenvalue weighted by Crippen LogP contribution is 2.28. The van der Waals surface area contributed by atoms with Gasteiger partial charge in [-0.15, -0.1) is 10.2 Å². The number of rotatable bonds is 1. The zero-order valence-corrected chi connectivity index (χ0v) is 9.48. The van der Waals surface area contributed by atoms with Gasteiger partial charge in [0.15, 0.2) is 12.1 Å². The van der Waals surface area contributed by atoms with Gasteiger partial charge in [0.05, 0.1) is 0 Å². The SMILES string of the molecule is CC1=CC=CN2C(=O)C(c3nn[nH]n3)C(O)N=C12. The second-order valence-corrected chi connectivity index (χ2v) is 4.01. The Balaban J connectivity index is 2.05. The molecule has 2 aliphatic rings. The molecule has 0 aliphatic carbocycles. The van der Waals surface area contributed by atoms with Crippen LogP contribution in [0.15, 0.2) is 28.9 Å². The highest BCUT2D eigenvalue weighted by molar-refractivity contribution is 6.12. The molecule has 0 saturated heterocycles. The van der Waals surface area contributed by atoms with E-state index in [2.05, 4.69) is 25.6 Å². The molecule has 8 nitrogen and oxygen atoms in total. The molecule has 0 bridgehead atoms. The zero-order valence-electron chi connectivity index (χ0n) is 9.48. The van der Waals surface area contributed by atoms with Crippen molar-refractivity contribution in [3.8, 4) is 0 Å². The Kier molecular flexibility index (Phi) is 2.30. The molecule has 0 aromatic carbocycles. The number of hydrogen-bond acceptors (Lipinski definition) is 6. The van der Waals surface area contributed by atoms with Crippen molar-refractivity contribution in [2.24, 2.45) is 4.99 Å². The van der Waals surface area contributed by atoms with Gasteiger partial charge in [0.25, 0.3) is 0 Å². The number of hydrogen-bond donors (Lipinski definition) is 2. The molecule has 2 N–H and O–H groups in total. The summed E-state index contributed by atoms with van der Waals surface area (Å²) in [4.78, 5) is 17.8. The highest BCUT2D eigenvalue weighted by atomic mass is 16.3. The Labute approximate surface area is 102 Å². The summed E-state index contributed by atoms with van der Waals surface area (Å²) in [5.41, 5.74) is 0.816. The van der Waals surface area contributed by atoms with Gasteiger partial charge < -0.3 is 5.11 Å². The number of nitrogens with zero attached hydrogens (tertiary/aromatic N) is 5. The first-order chi connectivity index (χ1) is 8.68. The van der Waals surface area contributed by atoms with Gasteiger partial charge in [-0.05, 0) is 18.6 Å². The summed E-state index contributed by atoms with van der Waals surface area (Å²) in [6.45, 7) is 1.82. The summed E-state index contributed by atoms with van der Waals surface area (Å²) in [5, 5.41) is 23.1. The van der Waals surface area contributed by atoms with Crippen LogP contribution in [0.2, 0.25) is 0 Å². The summed E-state index contributed by atoms with van der Waals surface area (Å²) in [6, 6.07) is 0. The quantitative estimate of drug-likeness (QED) is 0.682. The summed E-state index contributed by atoms with van der Waals surface area (Å²) in [6.07, 6.45) is 3.98. The molecule has 3 heterocycles. The number of nitrogens with one attached hydrogen (secondary N) is 1. The minimum Gasteiger partial charge on any atom is -0.370 e. The van der Waals surface area contributed by atoms with Crippen LogP contribution in [0.3, 0.4) is 0 Å². The Bertz CT molecular complexity index is 573. The molecule has 1 aromatic heterocycles. The number of allylic oxidation sites excluding steroid dienone is 2. The maximum atomic E-state index is 12.3. The lowest BCUT2D eigenvalue weighted by Crippen LogP contribution is -2.46. The molecule has 3 rings (SSSR count). The van der Waals surface area contributed by atoms with Crippen LogP contribution in [-0.2, 0) is 4.79 Å². The fourth-order valence-corrected chi connectivity index (χ4v) is 1.97. The predicted octanol–water partition coefficient (Wildman–Crippen LogP) is -0.684. The van der Waals surface area contributed by atoms with Crippen molar-refractivity contribution in [2.75, 3.05) is 0 Å². The van der Waals surface area contributed by atoms with Crippen LogP contribution in [-0.4, -0.2) is 48.6 Å². The van der Waals surface area contributed by atoms with Gasteiger partial charge in [-0.25, -0.2) is 4.99 Å². The molecule has 1 amide bonds. The van der Waals surface area contributed by atoms with Crippen molar-refractivity contribution < 1.29 is 9.90 Å². The lowest BCUT2D eigenvalue weighted by Gasteiger charge is -2.32. The number of aromatic nitrogens is 4. The fraction of sp³-hybridized carbons (Fsp3) is 0.300. The van der Waals surface area contributed by atoms with E-state index in [1.807, 2.05) is 13.0 Å². The van der Waals surface area contributed by atoms with E-state index in [0.717, 1.165) is 5.57 Å². The van der Waals surface area contributed by atoms with Gasteiger partial charge in [0.1, 0.15) is 11.8 Å². The van der Waals surface area contributed by atoms with Crippen LogP contribution in [0.1, 0.15) is 18.7 Å². The third-order valence-corrected chi connectivity index (χ3v) is 2.86. The molecule has 0 saturated carbocycles. The molecule has 18 heavy (non-hydrogen) atoms. The molecule has 2 aliphatic heterocycles. The van der Waals surface area contributed by atoms with E-state index < -0.39 is 12.1 Å². The molecule has 92 valence electrons. The molecule has 2 unspecified atom stereocenters. The first-order valence-electron chi connectivity index (χ1n) is 5.36. The number of aliphatic hydroxyl groups is 1. The van der Waals surface area contributed by atoms with Gasteiger partial charge in [0, 0.05) is 6.20 Å². The maximum absolute atomic E-state index is 12.3. The average molecular weight is 246 g/mol. The molecule has 8 heteroatoms. The van der Waals surface area contributed by atoms with Gasteiger partial charge >= 0.3 is 0 Å². The van der Waals surface area contributed by atoms with Crippen molar-refractivity contribution in [2.45, 2.75) is 19.1 Å². The highest BCUT2D eigenvalue weighted by Gasteiger charge is 2.41. The first-order valence-corrected chi connectivity index (χ1v) is 5.36. The van der Waals surface area contributed by atoms with Crippen LogP contribution >= 0.6 is 0 Å². The van der Waals surface area contributed by atoms with Crippen LogP contribution in [0.25, 0.3) is 0 Å². The van der Waals surface area contributed by atoms with Gasteiger partial charge in [-0.2, -0.15) is 5.21 Å². The summed E-state index contributed by atoms with van der Waals surface area (Å²) < 4.78 is 0. The van der Waals surface area contributed by atoms with Crippen molar-refractivity contribution in [1.82, 2.24) is 25.5 Å². The van der Waals surface area contributed by atoms with Crippen LogP contribution < -0.4 is 0 Å². The topological polar surface area (TPSA) is 107 Å². The van der Waals surface area contributed by atoms with Crippen molar-refractivity contribution in [1.29, 1.82) is 0 Å². The predicted molar refractivity (Wildman–Crippen MR) is 60.1 cm³/mol. The lowest BCUT2D eigenvalue weighted by atomic mass is 10.0. The van der Waals surface area contributed by atoms with E-state index in [0.29, 0.717) is 5.84 Å². The number of fused-ring (bicyclic) bond motifs is 1. The minimum absolute atomic E-state index is 0.135. The molecule has 0 radical (unpaired) electrons. The normalized spacial score (nSPS) is 26.8. The van der Waals surface area contributed by atoms with Crippen molar-refractivity contribution in [3.05, 3.63) is 29.7 Å². The Morgan fingerprint density at radius 1 is 1.50 bits per heavy atom. The largest absolute Gasteiger partial charge is 0.370 e. The molecule has 0 fully saturated rings. The number of carbonyl (C=O) groups is 1. The van der Waals surface area contributed by atoms with Gasteiger partial charge in [-0.1, -0.05) is 11.3 Å². The third kappa shape index (κ3) is 1.46. The number of amides is 1. The number of aromatic amines is 1. The van der Waals surface area contributed by atoms with Crippen LogP contribution in [0.4, 0.5) is 0 Å². The number of aliphatic imine (C=N–C) groups is 1. The van der Waals surface area contributed by atoms with E-state index in [4.69, 9.17) is 0 Å². The average Bonchev–Trinajstić information content (AvgIpc) is 2.84. The van der Waals surface area contributed by atoms with E-state index in [1.54, 1.807) is 12.3 Å². The minimum atomic E-state index is -1.20. The monoisotopic (exact) mass is 246 g/mol. The Morgan fingerprint density at radius 2 is 2.33 bits per heavy atom. The van der Waals surface area contributed by atoms with Gasteiger partial charge in [0.2, 0.25) is 5.91 Å². The first kappa shape index (κ1) is 10.8. The van der Waals surface area contributed by atoms with Crippen LogP contribution in [0, 0.1) is 0 Å². The Morgan fingerprint density at radius 3 is 3.06 bits per heavy atom. The lowest BCUT2D eigenvalue weighted by molar-refractivity contribution is -0.130. The van der Waals surface area contributed by atoms with E-state index in [1.165, 1.54) is 4.90 Å². The maximum Gasteiger partial charge on any atom is 0.247 e. The summed E-state index contributed by atoms with van der Waals surface area (Å²) in [5.74, 6) is -0.661. The molecule has 1 aromatic rings. The summed E-state index contributed by atoms with van der Waals surface area (Å²) >= 11 is 0. The van der Waals surface area contributed by atoms with Crippen molar-refractivity contribution >= 4 is 11.7 Å². The molecule has 0 spiro atoms. The second-order valence-electron chi connectivity index (χ2n) is 4.01. The standard InChI is InChI=1S/C10H10N6O2/c1-5-3-2-4-16-8(5)11-9(17)6(10(16)18)7-12-14-15-13-7/h2-4,6,9,17H,1H3,(H,12,13,14,15). The number of aliphatic hydroxyl groups excluding tert-OH is 1. The molecular formula is C10H10N6O2. The number of amidine groups is 1. The summed E-state index contributed by atoms with van der Waals surface area (Å²) in [7, 11) is 0. The third-order valence-electron chi connectivity index (χ3n) is 2.86. The number of tetrazole rings is 1. The van der Waals surface area contributed by atoms with E-state index in [-0.39, 0.29) is 11.7 Å². The van der Waals surface area contributed by atoms with E-state index >= 15 is 0 Å². The number of carbonyl (C=O) groups excluding carboxylic acids is 1. The zero-order chi connectivity index (χ0) is 12.7. The second kappa shape index (κ2) is 3.84. The van der Waals surface area contributed by atoms with E-state index in [9.17, 15) is 9.90 Å². The number of H-pyrrole nitrogens is 1. The van der Waals surface area contributed by atoms with Crippen LogP contribution in [0.5, 0.6) is 0 Å².